The number of likely N-dealkylation sites (tertiary alicyclic amines) is 1. The summed E-state index contributed by atoms with van der Waals surface area (Å²) < 4.78 is 2.20. The van der Waals surface area contributed by atoms with Crippen LogP contribution in [0.15, 0.2) is 18.5 Å². The number of piperidine rings is 1. The van der Waals surface area contributed by atoms with Crippen LogP contribution in [0.4, 0.5) is 0 Å². The summed E-state index contributed by atoms with van der Waals surface area (Å²) in [5.41, 5.74) is 1.08. The molecule has 1 aliphatic rings. The van der Waals surface area contributed by atoms with Gasteiger partial charge in [0, 0.05) is 50.0 Å². The van der Waals surface area contributed by atoms with Crippen molar-refractivity contribution in [2.75, 3.05) is 13.1 Å². The van der Waals surface area contributed by atoms with Gasteiger partial charge in [0.25, 0.3) is 0 Å². The maximum Gasteiger partial charge on any atom is 0.227 e. The number of carbonyl (C=O) groups excluding carboxylic acids is 1. The highest BCUT2D eigenvalue weighted by Gasteiger charge is 2.30. The normalized spacial score (nSPS) is 17.2. The van der Waals surface area contributed by atoms with E-state index in [4.69, 9.17) is 0 Å². The highest BCUT2D eigenvalue weighted by atomic mass is 16.2. The van der Waals surface area contributed by atoms with E-state index >= 15 is 0 Å². The molecule has 1 N–H and O–H groups in total. The maximum atomic E-state index is 12.2. The van der Waals surface area contributed by atoms with Crippen LogP contribution < -0.4 is 5.32 Å². The Morgan fingerprint density at radius 3 is 2.52 bits per heavy atom. The zero-order valence-electron chi connectivity index (χ0n) is 13.9. The molecule has 0 bridgehead atoms. The van der Waals surface area contributed by atoms with Crippen LogP contribution in [0, 0.1) is 5.41 Å². The van der Waals surface area contributed by atoms with Crippen molar-refractivity contribution in [1.82, 2.24) is 14.8 Å². The number of hydrogen-bond acceptors (Lipinski definition) is 2. The first-order chi connectivity index (χ1) is 9.90. The molecule has 1 aliphatic heterocycles. The molecule has 0 aliphatic carbocycles. The molecule has 1 aromatic rings. The summed E-state index contributed by atoms with van der Waals surface area (Å²) in [7, 11) is 0. The molecule has 4 nitrogen and oxygen atoms in total. The van der Waals surface area contributed by atoms with Crippen LogP contribution in [0.5, 0.6) is 0 Å². The topological polar surface area (TPSA) is 37.3 Å². The molecule has 0 atom stereocenters. The minimum atomic E-state index is -0.261. The number of aryl methyl sites for hydroxylation is 1. The molecule has 2 rings (SSSR count). The first-order valence-electron chi connectivity index (χ1n) is 8.07. The van der Waals surface area contributed by atoms with E-state index in [9.17, 15) is 4.79 Å². The fraction of sp³-hybridized carbons (Fsp3) is 0.706. The van der Waals surface area contributed by atoms with Crippen molar-refractivity contribution in [2.45, 2.75) is 59.7 Å². The summed E-state index contributed by atoms with van der Waals surface area (Å²) in [6.45, 7) is 11.8. The lowest BCUT2D eigenvalue weighted by Gasteiger charge is -2.36. The van der Waals surface area contributed by atoms with Gasteiger partial charge in [0.1, 0.15) is 0 Å². The van der Waals surface area contributed by atoms with Crippen molar-refractivity contribution in [2.24, 2.45) is 5.41 Å². The van der Waals surface area contributed by atoms with E-state index in [1.807, 2.05) is 25.7 Å². The monoisotopic (exact) mass is 291 g/mol. The second-order valence-electron chi connectivity index (χ2n) is 7.05. The lowest BCUT2D eigenvalue weighted by molar-refractivity contribution is -0.140. The van der Waals surface area contributed by atoms with Crippen molar-refractivity contribution >= 4 is 5.91 Å². The van der Waals surface area contributed by atoms with Crippen LogP contribution in [-0.2, 0) is 17.9 Å². The van der Waals surface area contributed by atoms with Gasteiger partial charge >= 0.3 is 0 Å². The summed E-state index contributed by atoms with van der Waals surface area (Å²) in [6, 6.07) is 2.70. The van der Waals surface area contributed by atoms with Gasteiger partial charge in [-0.25, -0.2) is 0 Å². The van der Waals surface area contributed by atoms with Gasteiger partial charge in [-0.05, 0) is 31.4 Å². The van der Waals surface area contributed by atoms with Gasteiger partial charge in [0.2, 0.25) is 5.91 Å². The van der Waals surface area contributed by atoms with E-state index in [0.717, 1.165) is 39.0 Å². The number of amides is 1. The van der Waals surface area contributed by atoms with Gasteiger partial charge in [-0.3, -0.25) is 4.79 Å². The molecule has 118 valence electrons. The quantitative estimate of drug-likeness (QED) is 0.926. The van der Waals surface area contributed by atoms with Gasteiger partial charge in [-0.15, -0.1) is 0 Å². The van der Waals surface area contributed by atoms with Crippen LogP contribution in [0.1, 0.15) is 46.1 Å². The second kappa shape index (κ2) is 6.65. The standard InChI is InChI=1S/C17H29N3O/c1-5-19-9-6-14(13-19)12-18-15-7-10-20(11-8-15)16(21)17(2,3)4/h6,9,13,15,18H,5,7-8,10-12H2,1-4H3. The summed E-state index contributed by atoms with van der Waals surface area (Å²) in [6.07, 6.45) is 6.43. The Balaban J connectivity index is 1.75. The molecule has 1 fully saturated rings. The molecule has 2 heterocycles. The SMILES string of the molecule is CCn1ccc(CNC2CCN(C(=O)C(C)(C)C)CC2)c1. The number of aromatic nitrogens is 1. The lowest BCUT2D eigenvalue weighted by Crippen LogP contribution is -2.48. The van der Waals surface area contributed by atoms with Gasteiger partial charge in [0.15, 0.2) is 0 Å². The molecule has 4 heteroatoms. The molecular weight excluding hydrogens is 262 g/mol. The minimum absolute atomic E-state index is 0.261. The summed E-state index contributed by atoms with van der Waals surface area (Å²) in [5.74, 6) is 0.279. The highest BCUT2D eigenvalue weighted by molar-refractivity contribution is 5.81. The molecule has 0 radical (unpaired) electrons. The van der Waals surface area contributed by atoms with Crippen LogP contribution in [0.3, 0.4) is 0 Å². The number of carbonyl (C=O) groups is 1. The van der Waals surface area contributed by atoms with Crippen LogP contribution in [0.2, 0.25) is 0 Å². The average molecular weight is 291 g/mol. The Morgan fingerprint density at radius 2 is 2.00 bits per heavy atom. The fourth-order valence-electron chi connectivity index (χ4n) is 2.82. The van der Waals surface area contributed by atoms with Crippen molar-refractivity contribution in [3.63, 3.8) is 0 Å². The van der Waals surface area contributed by atoms with E-state index in [2.05, 4.69) is 35.3 Å². The van der Waals surface area contributed by atoms with Crippen molar-refractivity contribution < 1.29 is 4.79 Å². The predicted molar refractivity (Wildman–Crippen MR) is 86.0 cm³/mol. The molecule has 0 unspecified atom stereocenters. The first-order valence-corrected chi connectivity index (χ1v) is 8.07. The zero-order chi connectivity index (χ0) is 15.5. The summed E-state index contributed by atoms with van der Waals surface area (Å²) >= 11 is 0. The smallest absolute Gasteiger partial charge is 0.227 e. The zero-order valence-corrected chi connectivity index (χ0v) is 13.9. The van der Waals surface area contributed by atoms with Crippen molar-refractivity contribution in [3.8, 4) is 0 Å². The Hall–Kier alpha value is -1.29. The fourth-order valence-corrected chi connectivity index (χ4v) is 2.82. The lowest BCUT2D eigenvalue weighted by atomic mass is 9.93. The molecule has 0 aromatic carbocycles. The maximum absolute atomic E-state index is 12.2. The third kappa shape index (κ3) is 4.34. The highest BCUT2D eigenvalue weighted by Crippen LogP contribution is 2.21. The first kappa shape index (κ1) is 16.1. The Labute approximate surface area is 128 Å². The van der Waals surface area contributed by atoms with Gasteiger partial charge in [-0.1, -0.05) is 20.8 Å². The minimum Gasteiger partial charge on any atom is -0.354 e. The van der Waals surface area contributed by atoms with Crippen LogP contribution in [0.25, 0.3) is 0 Å². The van der Waals surface area contributed by atoms with Crippen molar-refractivity contribution in [1.29, 1.82) is 0 Å². The molecule has 0 spiro atoms. The van der Waals surface area contributed by atoms with Crippen molar-refractivity contribution in [3.05, 3.63) is 24.0 Å². The molecule has 21 heavy (non-hydrogen) atoms. The summed E-state index contributed by atoms with van der Waals surface area (Å²) in [4.78, 5) is 14.3. The largest absolute Gasteiger partial charge is 0.354 e. The van der Waals surface area contributed by atoms with Gasteiger partial charge in [0.05, 0.1) is 0 Å². The van der Waals surface area contributed by atoms with E-state index in [0.29, 0.717) is 6.04 Å². The van der Waals surface area contributed by atoms with E-state index in [1.165, 1.54) is 5.56 Å². The van der Waals surface area contributed by atoms with Crippen LogP contribution in [-0.4, -0.2) is 34.5 Å². The van der Waals surface area contributed by atoms with E-state index in [1.54, 1.807) is 0 Å². The molecule has 1 amide bonds. The number of nitrogens with zero attached hydrogens (tertiary/aromatic N) is 2. The Bertz CT molecular complexity index is 465. The number of rotatable bonds is 4. The summed E-state index contributed by atoms with van der Waals surface area (Å²) in [5, 5.41) is 3.62. The average Bonchev–Trinajstić information content (AvgIpc) is 2.92. The van der Waals surface area contributed by atoms with E-state index < -0.39 is 0 Å². The Morgan fingerprint density at radius 1 is 1.33 bits per heavy atom. The molecular formula is C17H29N3O. The number of hydrogen-bond donors (Lipinski definition) is 1. The second-order valence-corrected chi connectivity index (χ2v) is 7.05. The number of nitrogens with one attached hydrogen (secondary N) is 1. The molecule has 0 saturated carbocycles. The van der Waals surface area contributed by atoms with Gasteiger partial charge < -0.3 is 14.8 Å². The van der Waals surface area contributed by atoms with E-state index in [-0.39, 0.29) is 11.3 Å². The van der Waals surface area contributed by atoms with Gasteiger partial charge in [-0.2, -0.15) is 0 Å². The molecule has 1 saturated heterocycles. The van der Waals surface area contributed by atoms with Crippen LogP contribution >= 0.6 is 0 Å². The third-order valence-corrected chi connectivity index (χ3v) is 4.20. The third-order valence-electron chi connectivity index (χ3n) is 4.20. The predicted octanol–water partition coefficient (Wildman–Crippen LogP) is 2.63. The Kier molecular flexibility index (Phi) is 5.09. The molecule has 1 aromatic heterocycles.